The molecule has 1 aromatic heterocycles. The van der Waals surface area contributed by atoms with Gasteiger partial charge in [0, 0.05) is 19.1 Å². The summed E-state index contributed by atoms with van der Waals surface area (Å²) in [5, 5.41) is 3.22. The second kappa shape index (κ2) is 5.33. The lowest BCUT2D eigenvalue weighted by atomic mass is 10.0. The van der Waals surface area contributed by atoms with Crippen LogP contribution in [0.3, 0.4) is 0 Å². The van der Waals surface area contributed by atoms with E-state index in [0.29, 0.717) is 0 Å². The normalized spacial score (nSPS) is 29.7. The van der Waals surface area contributed by atoms with Gasteiger partial charge in [-0.05, 0) is 41.9 Å². The molecule has 2 fully saturated rings. The topological polar surface area (TPSA) is 37.6 Å². The minimum Gasteiger partial charge on any atom is -0.466 e. The van der Waals surface area contributed by atoms with E-state index in [1.54, 1.807) is 6.26 Å². The van der Waals surface area contributed by atoms with Crippen molar-refractivity contribution in [2.24, 2.45) is 0 Å². The van der Waals surface area contributed by atoms with Gasteiger partial charge in [0.2, 0.25) is 0 Å². The number of nitrogens with zero attached hydrogens (tertiary/aromatic N) is 1. The van der Waals surface area contributed by atoms with Crippen LogP contribution < -0.4 is 5.32 Å². The molecule has 1 aliphatic heterocycles. The molecule has 1 aromatic rings. The van der Waals surface area contributed by atoms with Crippen molar-refractivity contribution < 1.29 is 9.15 Å². The highest BCUT2D eigenvalue weighted by Crippen LogP contribution is 2.41. The minimum atomic E-state index is 0.159. The Labute approximate surface area is 116 Å². The number of hydrogen-bond donors (Lipinski definition) is 1. The molecule has 1 saturated carbocycles. The third-order valence-electron chi connectivity index (χ3n) is 3.73. The van der Waals surface area contributed by atoms with Crippen molar-refractivity contribution in [3.8, 4) is 0 Å². The number of likely N-dealkylation sites (N-methyl/N-ethyl adjacent to an activating group) is 1. The molecule has 3 rings (SSSR count). The number of furan rings is 1. The van der Waals surface area contributed by atoms with Crippen LogP contribution in [0.5, 0.6) is 0 Å². The summed E-state index contributed by atoms with van der Waals surface area (Å²) in [4.78, 5) is 2.55. The molecule has 0 aromatic carbocycles. The average Bonchev–Trinajstić information content (AvgIpc) is 3.13. The Balaban J connectivity index is 1.88. The standard InChI is InChI=1S/C13H19BrN2O2/c1-15-8-11-12(13-10(14)4-6-18-13)16(5-7-17-11)9-2-3-9/h4,6,9,11-12,15H,2-3,5,7-8H2,1H3. The molecule has 1 N–H and O–H groups in total. The fourth-order valence-electron chi connectivity index (χ4n) is 2.78. The van der Waals surface area contributed by atoms with Crippen molar-refractivity contribution in [1.29, 1.82) is 0 Å². The predicted molar refractivity (Wildman–Crippen MR) is 72.5 cm³/mol. The maximum absolute atomic E-state index is 5.93. The van der Waals surface area contributed by atoms with Gasteiger partial charge < -0.3 is 14.5 Å². The van der Waals surface area contributed by atoms with Crippen LogP contribution >= 0.6 is 15.9 Å². The Bertz CT molecular complexity index is 403. The largest absolute Gasteiger partial charge is 0.466 e. The molecule has 2 aliphatic rings. The van der Waals surface area contributed by atoms with Gasteiger partial charge in [-0.3, -0.25) is 4.90 Å². The summed E-state index contributed by atoms with van der Waals surface area (Å²) in [5.41, 5.74) is 0. The van der Waals surface area contributed by atoms with Gasteiger partial charge in [0.15, 0.2) is 0 Å². The second-order valence-electron chi connectivity index (χ2n) is 5.01. The lowest BCUT2D eigenvalue weighted by molar-refractivity contribution is -0.0805. The number of rotatable bonds is 4. The molecule has 0 amide bonds. The smallest absolute Gasteiger partial charge is 0.137 e. The molecule has 2 unspecified atom stereocenters. The molecule has 5 heteroatoms. The zero-order chi connectivity index (χ0) is 12.5. The summed E-state index contributed by atoms with van der Waals surface area (Å²) >= 11 is 3.58. The summed E-state index contributed by atoms with van der Waals surface area (Å²) in [7, 11) is 1.97. The third-order valence-corrected chi connectivity index (χ3v) is 4.38. The fraction of sp³-hybridized carbons (Fsp3) is 0.692. The molecule has 1 aliphatic carbocycles. The van der Waals surface area contributed by atoms with Crippen LogP contribution in [0.1, 0.15) is 24.6 Å². The van der Waals surface area contributed by atoms with Gasteiger partial charge in [0.05, 0.1) is 29.5 Å². The molecule has 2 atom stereocenters. The Morgan fingerprint density at radius 1 is 1.50 bits per heavy atom. The number of morpholine rings is 1. The van der Waals surface area contributed by atoms with E-state index >= 15 is 0 Å². The summed E-state index contributed by atoms with van der Waals surface area (Å²) in [6.45, 7) is 2.67. The Kier molecular flexibility index (Phi) is 3.75. The molecule has 1 saturated heterocycles. The van der Waals surface area contributed by atoms with Gasteiger partial charge in [-0.1, -0.05) is 0 Å². The van der Waals surface area contributed by atoms with Crippen LogP contribution in [0.2, 0.25) is 0 Å². The minimum absolute atomic E-state index is 0.159. The number of ether oxygens (including phenoxy) is 1. The van der Waals surface area contributed by atoms with Crippen molar-refractivity contribution in [3.05, 3.63) is 22.6 Å². The summed E-state index contributed by atoms with van der Waals surface area (Å²) in [6, 6.07) is 2.91. The first-order valence-electron chi connectivity index (χ1n) is 6.56. The zero-order valence-corrected chi connectivity index (χ0v) is 12.1. The highest BCUT2D eigenvalue weighted by molar-refractivity contribution is 9.10. The van der Waals surface area contributed by atoms with E-state index in [-0.39, 0.29) is 12.1 Å². The van der Waals surface area contributed by atoms with Crippen molar-refractivity contribution in [2.75, 3.05) is 26.7 Å². The Hall–Kier alpha value is -0.360. The molecule has 18 heavy (non-hydrogen) atoms. The first kappa shape index (κ1) is 12.7. The number of hydrogen-bond acceptors (Lipinski definition) is 4. The highest BCUT2D eigenvalue weighted by atomic mass is 79.9. The average molecular weight is 315 g/mol. The molecule has 4 nitrogen and oxygen atoms in total. The molecular formula is C13H19BrN2O2. The van der Waals surface area contributed by atoms with E-state index in [1.165, 1.54) is 12.8 Å². The summed E-state index contributed by atoms with van der Waals surface area (Å²) < 4.78 is 12.7. The van der Waals surface area contributed by atoms with Gasteiger partial charge in [-0.15, -0.1) is 0 Å². The van der Waals surface area contributed by atoms with Crippen LogP contribution in [-0.2, 0) is 4.74 Å². The highest BCUT2D eigenvalue weighted by Gasteiger charge is 2.43. The first-order valence-corrected chi connectivity index (χ1v) is 7.35. The van der Waals surface area contributed by atoms with Gasteiger partial charge in [0.1, 0.15) is 5.76 Å². The molecule has 0 radical (unpaired) electrons. The van der Waals surface area contributed by atoms with Gasteiger partial charge in [-0.25, -0.2) is 0 Å². The summed E-state index contributed by atoms with van der Waals surface area (Å²) in [5.74, 6) is 1.00. The van der Waals surface area contributed by atoms with E-state index in [2.05, 4.69) is 26.1 Å². The quantitative estimate of drug-likeness (QED) is 0.924. The van der Waals surface area contributed by atoms with Crippen LogP contribution in [0.15, 0.2) is 21.2 Å². The fourth-order valence-corrected chi connectivity index (χ4v) is 3.21. The van der Waals surface area contributed by atoms with Crippen LogP contribution in [0.25, 0.3) is 0 Å². The van der Waals surface area contributed by atoms with Gasteiger partial charge in [-0.2, -0.15) is 0 Å². The van der Waals surface area contributed by atoms with Gasteiger partial charge >= 0.3 is 0 Å². The molecule has 0 spiro atoms. The zero-order valence-electron chi connectivity index (χ0n) is 10.6. The monoisotopic (exact) mass is 314 g/mol. The molecule has 2 heterocycles. The van der Waals surface area contributed by atoms with Crippen LogP contribution in [-0.4, -0.2) is 43.8 Å². The number of halogens is 1. The summed E-state index contributed by atoms with van der Waals surface area (Å²) in [6.07, 6.45) is 4.52. The van der Waals surface area contributed by atoms with E-state index in [9.17, 15) is 0 Å². The SMILES string of the molecule is CNCC1OCCN(C2CC2)C1c1occc1Br. The van der Waals surface area contributed by atoms with Gasteiger partial charge in [0.25, 0.3) is 0 Å². The maximum atomic E-state index is 5.93. The maximum Gasteiger partial charge on any atom is 0.137 e. The van der Waals surface area contributed by atoms with Crippen molar-refractivity contribution >= 4 is 15.9 Å². The molecule has 0 bridgehead atoms. The third kappa shape index (κ3) is 2.37. The second-order valence-corrected chi connectivity index (χ2v) is 5.87. The first-order chi connectivity index (χ1) is 8.81. The van der Waals surface area contributed by atoms with E-state index < -0.39 is 0 Å². The van der Waals surface area contributed by atoms with Crippen LogP contribution in [0, 0.1) is 0 Å². The van der Waals surface area contributed by atoms with Crippen molar-refractivity contribution in [1.82, 2.24) is 10.2 Å². The predicted octanol–water partition coefficient (Wildman–Crippen LogP) is 2.17. The molecule has 100 valence electrons. The van der Waals surface area contributed by atoms with E-state index in [4.69, 9.17) is 9.15 Å². The van der Waals surface area contributed by atoms with Crippen molar-refractivity contribution in [2.45, 2.75) is 31.0 Å². The number of nitrogens with one attached hydrogen (secondary N) is 1. The Morgan fingerprint density at radius 3 is 2.94 bits per heavy atom. The lowest BCUT2D eigenvalue weighted by Gasteiger charge is -2.40. The van der Waals surface area contributed by atoms with E-state index in [1.807, 2.05) is 13.1 Å². The van der Waals surface area contributed by atoms with E-state index in [0.717, 1.165) is 36.0 Å². The van der Waals surface area contributed by atoms with Crippen LogP contribution in [0.4, 0.5) is 0 Å². The molecular weight excluding hydrogens is 296 g/mol. The lowest BCUT2D eigenvalue weighted by Crippen LogP contribution is -2.49. The van der Waals surface area contributed by atoms with Crippen molar-refractivity contribution in [3.63, 3.8) is 0 Å². The Morgan fingerprint density at radius 2 is 2.33 bits per heavy atom.